The fraction of sp³-hybridized carbons (Fsp3) is 0.286. The maximum Gasteiger partial charge on any atom is 0.515 e. The molecule has 2 heterocycles. The van der Waals surface area contributed by atoms with Gasteiger partial charge in [0.25, 0.3) is 4.51 Å². The van der Waals surface area contributed by atoms with Crippen molar-refractivity contribution < 1.29 is 37.7 Å². The Morgan fingerprint density at radius 2 is 1.30 bits per heavy atom. The lowest BCUT2D eigenvalue weighted by Gasteiger charge is -2.51. The van der Waals surface area contributed by atoms with E-state index in [-0.39, 0.29) is 19.1 Å². The number of halogens is 2. The van der Waals surface area contributed by atoms with Crippen LogP contribution in [0.1, 0.15) is 11.1 Å². The molecule has 4 rings (SSSR count). The molecule has 0 N–H and O–H groups in total. The lowest BCUT2D eigenvalue weighted by atomic mass is 9.78. The highest BCUT2D eigenvalue weighted by Gasteiger charge is 2.82. The number of hydrogen-bond donors (Lipinski definition) is 0. The van der Waals surface area contributed by atoms with Crippen LogP contribution < -0.4 is 0 Å². The van der Waals surface area contributed by atoms with E-state index < -0.39 is 34.4 Å². The van der Waals surface area contributed by atoms with Crippen LogP contribution in [0.2, 0.25) is 0 Å². The van der Waals surface area contributed by atoms with Gasteiger partial charge in [-0.25, -0.2) is 14.0 Å². The molecule has 0 aromatic heterocycles. The first-order valence-electron chi connectivity index (χ1n) is 9.04. The van der Waals surface area contributed by atoms with Gasteiger partial charge in [-0.3, -0.25) is 4.79 Å². The van der Waals surface area contributed by atoms with E-state index >= 15 is 0 Å². The number of carbonyl (C=O) groups is 3. The van der Waals surface area contributed by atoms with Gasteiger partial charge in [0, 0.05) is 12.8 Å². The minimum atomic E-state index is -2.54. The zero-order chi connectivity index (χ0) is 21.4. The SMILES string of the molecule is O=C[C@H](F)C1([C@@]2(Br)OC(=O)OC2(Cc2ccccc2)Cc2ccccc2)OC(=O)O1. The van der Waals surface area contributed by atoms with Crippen molar-refractivity contribution in [3.05, 3.63) is 71.8 Å². The fourth-order valence-corrected chi connectivity index (χ4v) is 4.70. The molecule has 2 aromatic carbocycles. The van der Waals surface area contributed by atoms with Gasteiger partial charge in [-0.05, 0) is 27.1 Å². The summed E-state index contributed by atoms with van der Waals surface area (Å²) in [5, 5.41) is 0. The van der Waals surface area contributed by atoms with Gasteiger partial charge in [0.05, 0.1) is 0 Å². The van der Waals surface area contributed by atoms with Gasteiger partial charge < -0.3 is 18.9 Å². The van der Waals surface area contributed by atoms with E-state index in [2.05, 4.69) is 15.9 Å². The predicted molar refractivity (Wildman–Crippen MR) is 104 cm³/mol. The summed E-state index contributed by atoms with van der Waals surface area (Å²) in [7, 11) is 0. The molecular weight excluding hydrogens is 463 g/mol. The first-order chi connectivity index (χ1) is 14.3. The third-order valence-corrected chi connectivity index (χ3v) is 6.59. The molecule has 2 saturated heterocycles. The summed E-state index contributed by atoms with van der Waals surface area (Å²) in [5.41, 5.74) is -0.156. The number of benzene rings is 2. The molecule has 0 aliphatic carbocycles. The van der Waals surface area contributed by atoms with Crippen molar-refractivity contribution in [2.75, 3.05) is 0 Å². The molecule has 0 spiro atoms. The lowest BCUT2D eigenvalue weighted by Crippen LogP contribution is -2.75. The third kappa shape index (κ3) is 3.04. The molecule has 2 aromatic rings. The first-order valence-corrected chi connectivity index (χ1v) is 9.83. The van der Waals surface area contributed by atoms with Crippen molar-refractivity contribution in [3.63, 3.8) is 0 Å². The van der Waals surface area contributed by atoms with E-state index in [1.165, 1.54) is 0 Å². The van der Waals surface area contributed by atoms with Gasteiger partial charge in [0.2, 0.25) is 6.17 Å². The minimum absolute atomic E-state index is 0.0496. The maximum absolute atomic E-state index is 14.8. The van der Waals surface area contributed by atoms with Gasteiger partial charge in [0.15, 0.2) is 11.9 Å². The van der Waals surface area contributed by atoms with Crippen LogP contribution in [0.5, 0.6) is 0 Å². The Labute approximate surface area is 179 Å². The standard InChI is InChI=1S/C21H16BrFO7/c22-21(20(16(23)13-24)28-18(26)29-20)19(27-17(25)30-21,11-14-7-3-1-4-8-14)12-15-9-5-2-6-10-15/h1-10,13,16H,11-12H2/t16-,21-/m0/s1. The summed E-state index contributed by atoms with van der Waals surface area (Å²) in [4.78, 5) is 35.2. The number of aldehydes is 1. The van der Waals surface area contributed by atoms with E-state index in [0.717, 1.165) is 11.1 Å². The van der Waals surface area contributed by atoms with Crippen LogP contribution in [0.4, 0.5) is 14.0 Å². The first kappa shape index (κ1) is 20.3. The molecule has 0 unspecified atom stereocenters. The molecular formula is C21H16BrFO7. The van der Waals surface area contributed by atoms with E-state index in [1.54, 1.807) is 48.5 Å². The second-order valence-corrected chi connectivity index (χ2v) is 8.14. The summed E-state index contributed by atoms with van der Waals surface area (Å²) < 4.78 is 33.6. The minimum Gasteiger partial charge on any atom is -0.421 e. The van der Waals surface area contributed by atoms with Crippen molar-refractivity contribution in [2.45, 2.75) is 34.9 Å². The molecule has 0 bridgehead atoms. The Hall–Kier alpha value is -2.94. The van der Waals surface area contributed by atoms with Crippen molar-refractivity contribution in [1.29, 1.82) is 0 Å². The Bertz CT molecular complexity index is 918. The lowest BCUT2D eigenvalue weighted by molar-refractivity contribution is -0.345. The highest BCUT2D eigenvalue weighted by molar-refractivity contribution is 9.10. The van der Waals surface area contributed by atoms with Gasteiger partial charge >= 0.3 is 18.1 Å². The zero-order valence-electron chi connectivity index (χ0n) is 15.5. The van der Waals surface area contributed by atoms with Crippen molar-refractivity contribution in [2.24, 2.45) is 0 Å². The van der Waals surface area contributed by atoms with Crippen molar-refractivity contribution >= 4 is 34.5 Å². The second kappa shape index (κ2) is 7.39. The predicted octanol–water partition coefficient (Wildman–Crippen LogP) is 3.87. The van der Waals surface area contributed by atoms with Crippen LogP contribution in [0.25, 0.3) is 0 Å². The van der Waals surface area contributed by atoms with Crippen LogP contribution in [-0.2, 0) is 36.6 Å². The average molecular weight is 479 g/mol. The number of cyclic esters (lactones) is 4. The Balaban J connectivity index is 1.86. The third-order valence-electron chi connectivity index (χ3n) is 5.15. The van der Waals surface area contributed by atoms with E-state index in [1.807, 2.05) is 12.1 Å². The average Bonchev–Trinajstić information content (AvgIpc) is 2.96. The summed E-state index contributed by atoms with van der Waals surface area (Å²) >= 11 is 3.26. The number of alkyl halides is 2. The molecule has 0 saturated carbocycles. The van der Waals surface area contributed by atoms with Gasteiger partial charge in [0.1, 0.15) is 0 Å². The molecule has 9 heteroatoms. The summed E-state index contributed by atoms with van der Waals surface area (Å²) in [6, 6.07) is 18.0. The Morgan fingerprint density at radius 1 is 0.833 bits per heavy atom. The number of rotatable bonds is 7. The van der Waals surface area contributed by atoms with Crippen LogP contribution in [0, 0.1) is 0 Å². The smallest absolute Gasteiger partial charge is 0.421 e. The van der Waals surface area contributed by atoms with E-state index in [4.69, 9.17) is 18.9 Å². The number of carbonyl (C=O) groups excluding carboxylic acids is 3. The quantitative estimate of drug-likeness (QED) is 0.339. The normalized spacial score (nSPS) is 24.5. The molecule has 2 fully saturated rings. The molecule has 30 heavy (non-hydrogen) atoms. The second-order valence-electron chi connectivity index (χ2n) is 7.03. The van der Waals surface area contributed by atoms with Gasteiger partial charge in [-0.15, -0.1) is 0 Å². The fourth-order valence-electron chi connectivity index (χ4n) is 3.82. The maximum atomic E-state index is 14.8. The summed E-state index contributed by atoms with van der Waals surface area (Å²) in [6.45, 7) is 0. The van der Waals surface area contributed by atoms with Crippen molar-refractivity contribution in [1.82, 2.24) is 0 Å². The molecule has 0 amide bonds. The Kier molecular flexibility index (Phi) is 5.01. The van der Waals surface area contributed by atoms with Gasteiger partial charge in [-0.2, -0.15) is 0 Å². The molecule has 0 radical (unpaired) electrons. The summed E-state index contributed by atoms with van der Waals surface area (Å²) in [5.74, 6) is -2.54. The molecule has 2 atom stereocenters. The molecule has 156 valence electrons. The number of hydrogen-bond acceptors (Lipinski definition) is 7. The zero-order valence-corrected chi connectivity index (χ0v) is 17.0. The van der Waals surface area contributed by atoms with Crippen molar-refractivity contribution in [3.8, 4) is 0 Å². The molecule has 2 aliphatic heterocycles. The highest BCUT2D eigenvalue weighted by Crippen LogP contribution is 2.58. The summed E-state index contributed by atoms with van der Waals surface area (Å²) in [6.07, 6.45) is -4.76. The van der Waals surface area contributed by atoms with Crippen LogP contribution >= 0.6 is 15.9 Å². The van der Waals surface area contributed by atoms with Crippen LogP contribution in [0.3, 0.4) is 0 Å². The Morgan fingerprint density at radius 3 is 1.73 bits per heavy atom. The van der Waals surface area contributed by atoms with E-state index in [9.17, 15) is 18.8 Å². The van der Waals surface area contributed by atoms with Crippen LogP contribution in [0.15, 0.2) is 60.7 Å². The number of ether oxygens (including phenoxy) is 4. The topological polar surface area (TPSA) is 88.1 Å². The molecule has 2 aliphatic rings. The van der Waals surface area contributed by atoms with Gasteiger partial charge in [-0.1, -0.05) is 60.7 Å². The molecule has 7 nitrogen and oxygen atoms in total. The van der Waals surface area contributed by atoms with E-state index in [0.29, 0.717) is 0 Å². The largest absolute Gasteiger partial charge is 0.515 e. The monoisotopic (exact) mass is 478 g/mol. The van der Waals surface area contributed by atoms with Crippen LogP contribution in [-0.4, -0.2) is 40.7 Å². The highest BCUT2D eigenvalue weighted by atomic mass is 79.9.